The van der Waals surface area contributed by atoms with Crippen molar-refractivity contribution in [2.45, 2.75) is 50.8 Å². The number of ether oxygens (including phenoxy) is 2. The number of aromatic nitrogens is 4. The number of rotatable bonds is 18. The van der Waals surface area contributed by atoms with Gasteiger partial charge in [0.25, 0.3) is 17.7 Å². The van der Waals surface area contributed by atoms with E-state index in [1.165, 1.54) is 0 Å². The Hall–Kier alpha value is -7.09. The van der Waals surface area contributed by atoms with Crippen molar-refractivity contribution in [1.29, 1.82) is 0 Å². The van der Waals surface area contributed by atoms with Crippen molar-refractivity contribution < 1.29 is 43.0 Å². The van der Waals surface area contributed by atoms with E-state index in [-0.39, 0.29) is 48.4 Å². The number of esters is 1. The minimum absolute atomic E-state index is 0.0467. The zero-order valence-electron chi connectivity index (χ0n) is 33.9. The average Bonchev–Trinajstić information content (AvgIpc) is 3.90. The lowest BCUT2D eigenvalue weighted by Gasteiger charge is -2.27. The maximum absolute atomic E-state index is 13.3. The van der Waals surface area contributed by atoms with Gasteiger partial charge < -0.3 is 40.3 Å². The standard InChI is InChI=1S/C43H44N10O9/c1-43(2)29-21-25(11-12-26(29)41(59)62-43)47-42-46-22-28(36(50-42)48-31(23-54)24-7-4-3-5-8-24)38-52-51-34(61-38)15-16-44-17-19-60-20-18-45-30-10-6-9-27-35(30)40(58)53(39(27)57)32-13-14-33(55)49-37(32)56/h3-12,21-22,31-32,44-45,54H,13-20,23H2,1-2H3,(H,49,55,56)(H2,46,47,48,50)/t31-,32?/m1/s1. The summed E-state index contributed by atoms with van der Waals surface area (Å²) >= 11 is 0. The minimum atomic E-state index is -1.04. The largest absolute Gasteiger partial charge is 0.451 e. The van der Waals surface area contributed by atoms with Crippen molar-refractivity contribution in [2.24, 2.45) is 0 Å². The van der Waals surface area contributed by atoms with E-state index in [1.54, 1.807) is 36.5 Å². The maximum Gasteiger partial charge on any atom is 0.339 e. The number of nitrogens with zero attached hydrogens (tertiary/aromatic N) is 5. The van der Waals surface area contributed by atoms with Crippen molar-refractivity contribution in [1.82, 2.24) is 35.7 Å². The third kappa shape index (κ3) is 8.71. The molecule has 4 amide bonds. The van der Waals surface area contributed by atoms with Gasteiger partial charge in [-0.1, -0.05) is 36.4 Å². The lowest BCUT2D eigenvalue weighted by molar-refractivity contribution is -0.136. The third-order valence-corrected chi connectivity index (χ3v) is 10.6. The van der Waals surface area contributed by atoms with E-state index in [2.05, 4.69) is 41.8 Å². The second-order valence-corrected chi connectivity index (χ2v) is 15.2. The van der Waals surface area contributed by atoms with E-state index >= 15 is 0 Å². The highest BCUT2D eigenvalue weighted by Crippen LogP contribution is 2.38. The summed E-state index contributed by atoms with van der Waals surface area (Å²) in [5, 5.41) is 34.0. The van der Waals surface area contributed by atoms with Gasteiger partial charge in [0.1, 0.15) is 17.5 Å². The van der Waals surface area contributed by atoms with Gasteiger partial charge in [-0.05, 0) is 56.2 Å². The van der Waals surface area contributed by atoms with Crippen molar-refractivity contribution in [3.63, 3.8) is 0 Å². The number of aliphatic hydroxyl groups excluding tert-OH is 1. The van der Waals surface area contributed by atoms with Gasteiger partial charge in [0.2, 0.25) is 23.7 Å². The Labute approximate surface area is 355 Å². The molecule has 5 heterocycles. The van der Waals surface area contributed by atoms with Crippen molar-refractivity contribution in [3.05, 3.63) is 107 Å². The number of anilines is 4. The molecule has 2 aromatic heterocycles. The molecule has 62 heavy (non-hydrogen) atoms. The zero-order chi connectivity index (χ0) is 43.4. The number of carbonyl (C=O) groups is 5. The normalized spacial score (nSPS) is 17.0. The monoisotopic (exact) mass is 844 g/mol. The van der Waals surface area contributed by atoms with E-state index in [4.69, 9.17) is 18.9 Å². The number of nitrogens with one attached hydrogen (secondary N) is 5. The number of amides is 4. The topological polar surface area (TPSA) is 252 Å². The third-order valence-electron chi connectivity index (χ3n) is 10.6. The van der Waals surface area contributed by atoms with Crippen LogP contribution in [0.1, 0.15) is 80.8 Å². The molecule has 0 spiro atoms. The van der Waals surface area contributed by atoms with Crippen molar-refractivity contribution in [2.75, 3.05) is 55.4 Å². The van der Waals surface area contributed by atoms with E-state index in [9.17, 15) is 29.1 Å². The van der Waals surface area contributed by atoms with Gasteiger partial charge in [0.05, 0.1) is 48.1 Å². The van der Waals surface area contributed by atoms with Crippen LogP contribution in [0.25, 0.3) is 11.5 Å². The van der Waals surface area contributed by atoms with E-state index < -0.39 is 41.3 Å². The number of carbonyl (C=O) groups excluding carboxylic acids is 5. The molecule has 2 atom stereocenters. The number of hydrogen-bond donors (Lipinski definition) is 6. The summed E-state index contributed by atoms with van der Waals surface area (Å²) in [6.07, 6.45) is 2.11. The summed E-state index contributed by atoms with van der Waals surface area (Å²) in [5.41, 5.74) is 3.23. The molecule has 6 N–H and O–H groups in total. The molecule has 1 fully saturated rings. The van der Waals surface area contributed by atoms with Crippen LogP contribution in [0, 0.1) is 0 Å². The van der Waals surface area contributed by atoms with Crippen molar-refractivity contribution >= 4 is 52.7 Å². The van der Waals surface area contributed by atoms with Crippen LogP contribution in [-0.4, -0.2) is 105 Å². The Kier molecular flexibility index (Phi) is 12.0. The minimum Gasteiger partial charge on any atom is -0.451 e. The number of cyclic esters (lactones) is 1. The highest BCUT2D eigenvalue weighted by atomic mass is 16.6. The summed E-state index contributed by atoms with van der Waals surface area (Å²) in [4.78, 5) is 72.9. The Bertz CT molecular complexity index is 2530. The van der Waals surface area contributed by atoms with Crippen LogP contribution in [-0.2, 0) is 31.1 Å². The van der Waals surface area contributed by atoms with Gasteiger partial charge in [0, 0.05) is 55.6 Å². The fourth-order valence-corrected chi connectivity index (χ4v) is 7.51. The number of benzene rings is 3. The summed E-state index contributed by atoms with van der Waals surface area (Å²) in [5.74, 6) is -1.45. The highest BCUT2D eigenvalue weighted by molar-refractivity contribution is 6.25. The van der Waals surface area contributed by atoms with Gasteiger partial charge in [0.15, 0.2) is 0 Å². The molecule has 0 aliphatic carbocycles. The molecule has 19 nitrogen and oxygen atoms in total. The molecule has 3 aliphatic heterocycles. The number of hydrogen-bond acceptors (Lipinski definition) is 17. The molecular weight excluding hydrogens is 801 g/mol. The lowest BCUT2D eigenvalue weighted by Crippen LogP contribution is -2.54. The number of fused-ring (bicyclic) bond motifs is 2. The molecule has 1 unspecified atom stereocenters. The van der Waals surface area contributed by atoms with Crippen LogP contribution < -0.4 is 26.6 Å². The molecule has 5 aromatic rings. The van der Waals surface area contributed by atoms with Gasteiger partial charge in [-0.15, -0.1) is 10.2 Å². The van der Waals surface area contributed by atoms with Gasteiger partial charge in [-0.2, -0.15) is 4.98 Å². The molecule has 19 heteroatoms. The molecular formula is C43H44N10O9. The molecule has 3 aromatic carbocycles. The van der Waals surface area contributed by atoms with Crippen molar-refractivity contribution in [3.8, 4) is 11.5 Å². The van der Waals surface area contributed by atoms with Crippen LogP contribution >= 0.6 is 0 Å². The van der Waals surface area contributed by atoms with Gasteiger partial charge in [-0.25, -0.2) is 9.78 Å². The molecule has 8 rings (SSSR count). The lowest BCUT2D eigenvalue weighted by atomic mass is 9.95. The predicted molar refractivity (Wildman–Crippen MR) is 222 cm³/mol. The first-order valence-electron chi connectivity index (χ1n) is 20.1. The first-order valence-corrected chi connectivity index (χ1v) is 20.1. The summed E-state index contributed by atoms with van der Waals surface area (Å²) in [6.45, 7) is 5.53. The van der Waals surface area contributed by atoms with Crippen LogP contribution in [0.5, 0.6) is 0 Å². The maximum atomic E-state index is 13.3. The summed E-state index contributed by atoms with van der Waals surface area (Å²) in [7, 11) is 0. The van der Waals surface area contributed by atoms with Crippen LogP contribution in [0.2, 0.25) is 0 Å². The molecule has 320 valence electrons. The first kappa shape index (κ1) is 41.6. The fraction of sp³-hybridized carbons (Fsp3) is 0.326. The summed E-state index contributed by atoms with van der Waals surface area (Å²) in [6, 6.07) is 18.1. The van der Waals surface area contributed by atoms with Crippen LogP contribution in [0.15, 0.2) is 77.3 Å². The Morgan fingerprint density at radius 2 is 1.76 bits per heavy atom. The fourth-order valence-electron chi connectivity index (χ4n) is 7.51. The molecule has 3 aliphatic rings. The molecule has 0 saturated carbocycles. The predicted octanol–water partition coefficient (Wildman–Crippen LogP) is 3.48. The van der Waals surface area contributed by atoms with E-state index in [1.807, 2.05) is 50.2 Å². The zero-order valence-corrected chi connectivity index (χ0v) is 33.9. The molecule has 0 radical (unpaired) electrons. The SMILES string of the molecule is CC1(C)OC(=O)c2ccc(Nc3ncc(-c4nnc(CCNCCOCCNc5cccc6c5C(=O)N(C5CCC(=O)NC5=O)C6=O)o4)c(N[C@H](CO)c4ccccc4)n3)cc21. The van der Waals surface area contributed by atoms with Gasteiger partial charge in [-0.3, -0.25) is 29.4 Å². The van der Waals surface area contributed by atoms with Crippen LogP contribution in [0.3, 0.4) is 0 Å². The molecule has 0 bridgehead atoms. The van der Waals surface area contributed by atoms with Crippen LogP contribution in [0.4, 0.5) is 23.1 Å². The van der Waals surface area contributed by atoms with Gasteiger partial charge >= 0.3 is 5.97 Å². The Morgan fingerprint density at radius 1 is 0.935 bits per heavy atom. The number of imide groups is 2. The Morgan fingerprint density at radius 3 is 2.56 bits per heavy atom. The smallest absolute Gasteiger partial charge is 0.339 e. The number of piperidine rings is 1. The first-order chi connectivity index (χ1) is 30.0. The highest BCUT2D eigenvalue weighted by Gasteiger charge is 2.45. The summed E-state index contributed by atoms with van der Waals surface area (Å²) < 4.78 is 17.3. The van der Waals surface area contributed by atoms with E-state index in [0.717, 1.165) is 16.0 Å². The quantitative estimate of drug-likeness (QED) is 0.0420. The second kappa shape index (κ2) is 17.9. The number of aliphatic hydroxyl groups is 1. The second-order valence-electron chi connectivity index (χ2n) is 15.2. The van der Waals surface area contributed by atoms with E-state index in [0.29, 0.717) is 73.5 Å². The Balaban J connectivity index is 0.835. The molecule has 1 saturated heterocycles. The average molecular weight is 845 g/mol.